The maximum absolute atomic E-state index is 13.7. The molecule has 0 radical (unpaired) electrons. The van der Waals surface area contributed by atoms with Gasteiger partial charge in [-0.1, -0.05) is 18.2 Å². The molecule has 25 heavy (non-hydrogen) atoms. The third-order valence-corrected chi connectivity index (χ3v) is 4.21. The summed E-state index contributed by atoms with van der Waals surface area (Å²) in [5.74, 6) is 0.559. The summed E-state index contributed by atoms with van der Waals surface area (Å²) in [6, 6.07) is 12.0. The first-order chi connectivity index (χ1) is 12.1. The number of fused-ring (bicyclic) bond motifs is 3. The quantitative estimate of drug-likeness (QED) is 0.790. The minimum absolute atomic E-state index is 0.121. The fourth-order valence-electron chi connectivity index (χ4n) is 2.98. The largest absolute Gasteiger partial charge is 0.489 e. The summed E-state index contributed by atoms with van der Waals surface area (Å²) in [6.45, 7) is 0.149. The predicted octanol–water partition coefficient (Wildman–Crippen LogP) is 2.18. The number of amides is 1. The van der Waals surface area contributed by atoms with E-state index in [0.717, 1.165) is 17.7 Å². The lowest BCUT2D eigenvalue weighted by molar-refractivity contribution is 0.0988. The van der Waals surface area contributed by atoms with Crippen LogP contribution in [0, 0.1) is 5.82 Å². The lowest BCUT2D eigenvalue weighted by atomic mass is 10.0. The van der Waals surface area contributed by atoms with E-state index in [2.05, 4.69) is 10.2 Å². The maximum Gasteiger partial charge on any atom is 0.287 e. The number of halogens is 1. The Hall–Kier alpha value is -3.22. The normalized spacial score (nSPS) is 12.4. The van der Waals surface area contributed by atoms with Gasteiger partial charge in [0.15, 0.2) is 0 Å². The second kappa shape index (κ2) is 6.01. The molecule has 0 saturated carbocycles. The van der Waals surface area contributed by atoms with Crippen molar-refractivity contribution in [1.29, 1.82) is 0 Å². The Morgan fingerprint density at radius 2 is 2.04 bits per heavy atom. The molecule has 1 aliphatic heterocycles. The zero-order chi connectivity index (χ0) is 17.4. The molecule has 4 rings (SSSR count). The summed E-state index contributed by atoms with van der Waals surface area (Å²) < 4.78 is 21.1. The van der Waals surface area contributed by atoms with E-state index in [1.54, 1.807) is 28.8 Å². The Morgan fingerprint density at radius 3 is 2.84 bits per heavy atom. The maximum atomic E-state index is 13.7. The van der Waals surface area contributed by atoms with E-state index in [-0.39, 0.29) is 18.2 Å². The molecule has 7 heteroatoms. The van der Waals surface area contributed by atoms with Gasteiger partial charge in [-0.3, -0.25) is 9.36 Å². The number of aryl methyl sites for hydroxylation is 2. The number of nitrogens with zero attached hydrogens (tertiary/aromatic N) is 3. The molecule has 1 aliphatic rings. The number of carbonyl (C=O) groups excluding carboxylic acids is 1. The number of hydrogen-bond acceptors (Lipinski definition) is 4. The molecular formula is C18H15FN4O2. The van der Waals surface area contributed by atoms with Crippen molar-refractivity contribution in [3.63, 3.8) is 0 Å². The van der Waals surface area contributed by atoms with Gasteiger partial charge in [0, 0.05) is 12.0 Å². The van der Waals surface area contributed by atoms with Crippen LogP contribution in [0.3, 0.4) is 0 Å². The van der Waals surface area contributed by atoms with Crippen molar-refractivity contribution in [2.75, 3.05) is 0 Å². The summed E-state index contributed by atoms with van der Waals surface area (Å²) >= 11 is 0. The molecule has 2 heterocycles. The molecule has 126 valence electrons. The molecule has 2 aromatic carbocycles. The van der Waals surface area contributed by atoms with E-state index < -0.39 is 5.91 Å². The molecule has 0 spiro atoms. The van der Waals surface area contributed by atoms with Crippen LogP contribution in [-0.4, -0.2) is 20.7 Å². The first-order valence-corrected chi connectivity index (χ1v) is 7.87. The van der Waals surface area contributed by atoms with Gasteiger partial charge >= 0.3 is 0 Å². The minimum Gasteiger partial charge on any atom is -0.489 e. The SMILES string of the molecule is NC(=O)c1nnc2n1-c1ccc(OCc3ccccc3F)cc1CC2. The Labute approximate surface area is 143 Å². The van der Waals surface area contributed by atoms with Gasteiger partial charge in [-0.05, 0) is 36.2 Å². The monoisotopic (exact) mass is 338 g/mol. The van der Waals surface area contributed by atoms with Gasteiger partial charge in [-0.2, -0.15) is 0 Å². The Morgan fingerprint density at radius 1 is 1.20 bits per heavy atom. The van der Waals surface area contributed by atoms with E-state index in [0.29, 0.717) is 23.6 Å². The van der Waals surface area contributed by atoms with Crippen LogP contribution in [0.5, 0.6) is 5.75 Å². The zero-order valence-corrected chi connectivity index (χ0v) is 13.3. The van der Waals surface area contributed by atoms with E-state index in [1.807, 2.05) is 12.1 Å². The van der Waals surface area contributed by atoms with Gasteiger partial charge in [-0.25, -0.2) is 4.39 Å². The predicted molar refractivity (Wildman–Crippen MR) is 88.0 cm³/mol. The van der Waals surface area contributed by atoms with Crippen LogP contribution >= 0.6 is 0 Å². The number of primary amides is 1. The highest BCUT2D eigenvalue weighted by molar-refractivity contribution is 5.90. The highest BCUT2D eigenvalue weighted by Gasteiger charge is 2.24. The van der Waals surface area contributed by atoms with Gasteiger partial charge < -0.3 is 10.5 Å². The molecule has 1 aromatic heterocycles. The minimum atomic E-state index is -0.619. The Bertz CT molecular complexity index is 967. The fourth-order valence-corrected chi connectivity index (χ4v) is 2.98. The summed E-state index contributed by atoms with van der Waals surface area (Å²) in [4.78, 5) is 11.5. The van der Waals surface area contributed by atoms with Crippen molar-refractivity contribution in [2.45, 2.75) is 19.4 Å². The van der Waals surface area contributed by atoms with Crippen LogP contribution in [0.2, 0.25) is 0 Å². The number of rotatable bonds is 4. The average molecular weight is 338 g/mol. The van der Waals surface area contributed by atoms with Crippen LogP contribution in [0.15, 0.2) is 42.5 Å². The molecule has 0 saturated heterocycles. The van der Waals surface area contributed by atoms with Crippen molar-refractivity contribution < 1.29 is 13.9 Å². The number of aromatic nitrogens is 3. The van der Waals surface area contributed by atoms with Crippen molar-refractivity contribution in [2.24, 2.45) is 5.73 Å². The van der Waals surface area contributed by atoms with E-state index >= 15 is 0 Å². The molecule has 2 N–H and O–H groups in total. The van der Waals surface area contributed by atoms with E-state index in [4.69, 9.17) is 10.5 Å². The standard InChI is InChI=1S/C18H15FN4O2/c19-14-4-2-1-3-12(14)10-25-13-6-7-15-11(9-13)5-8-16-21-22-18(17(20)24)23(15)16/h1-4,6-7,9H,5,8,10H2,(H2,20,24). The van der Waals surface area contributed by atoms with Gasteiger partial charge in [0.25, 0.3) is 5.91 Å². The number of ether oxygens (including phenoxy) is 1. The third kappa shape index (κ3) is 2.73. The topological polar surface area (TPSA) is 83.0 Å². The van der Waals surface area contributed by atoms with Crippen LogP contribution in [0.1, 0.15) is 27.6 Å². The first-order valence-electron chi connectivity index (χ1n) is 7.87. The Balaban J connectivity index is 1.62. The first kappa shape index (κ1) is 15.3. The second-order valence-corrected chi connectivity index (χ2v) is 5.81. The number of carbonyl (C=O) groups is 1. The molecule has 0 fully saturated rings. The van der Waals surface area contributed by atoms with Gasteiger partial charge in [-0.15, -0.1) is 10.2 Å². The van der Waals surface area contributed by atoms with Gasteiger partial charge in [0.1, 0.15) is 24.0 Å². The third-order valence-electron chi connectivity index (χ3n) is 4.21. The van der Waals surface area contributed by atoms with Crippen LogP contribution in [0.4, 0.5) is 4.39 Å². The molecule has 3 aromatic rings. The highest BCUT2D eigenvalue weighted by atomic mass is 19.1. The van der Waals surface area contributed by atoms with Crippen molar-refractivity contribution in [1.82, 2.24) is 14.8 Å². The lowest BCUT2D eigenvalue weighted by Gasteiger charge is -2.19. The van der Waals surface area contributed by atoms with Crippen molar-refractivity contribution in [3.8, 4) is 11.4 Å². The Kier molecular flexibility index (Phi) is 3.68. The van der Waals surface area contributed by atoms with Crippen molar-refractivity contribution in [3.05, 3.63) is 71.1 Å². The van der Waals surface area contributed by atoms with Gasteiger partial charge in [0.05, 0.1) is 5.69 Å². The van der Waals surface area contributed by atoms with Crippen LogP contribution in [0.25, 0.3) is 5.69 Å². The molecule has 0 aliphatic carbocycles. The van der Waals surface area contributed by atoms with Crippen LogP contribution < -0.4 is 10.5 Å². The number of nitrogens with two attached hydrogens (primary N) is 1. The summed E-state index contributed by atoms with van der Waals surface area (Å²) in [6.07, 6.45) is 1.41. The zero-order valence-electron chi connectivity index (χ0n) is 13.3. The molecule has 0 bridgehead atoms. The van der Waals surface area contributed by atoms with Crippen LogP contribution in [-0.2, 0) is 19.4 Å². The second-order valence-electron chi connectivity index (χ2n) is 5.81. The molecular weight excluding hydrogens is 323 g/mol. The number of hydrogen-bond donors (Lipinski definition) is 1. The van der Waals surface area contributed by atoms with Crippen molar-refractivity contribution >= 4 is 5.91 Å². The molecule has 1 amide bonds. The van der Waals surface area contributed by atoms with E-state index in [9.17, 15) is 9.18 Å². The molecule has 0 unspecified atom stereocenters. The number of benzene rings is 2. The summed E-state index contributed by atoms with van der Waals surface area (Å²) in [7, 11) is 0. The summed E-state index contributed by atoms with van der Waals surface area (Å²) in [5.41, 5.74) is 7.69. The fraction of sp³-hybridized carbons (Fsp3) is 0.167. The highest BCUT2D eigenvalue weighted by Crippen LogP contribution is 2.29. The average Bonchev–Trinajstić information content (AvgIpc) is 3.05. The smallest absolute Gasteiger partial charge is 0.287 e. The summed E-state index contributed by atoms with van der Waals surface area (Å²) in [5, 5.41) is 7.89. The molecule has 6 nitrogen and oxygen atoms in total. The lowest BCUT2D eigenvalue weighted by Crippen LogP contribution is -2.21. The van der Waals surface area contributed by atoms with Gasteiger partial charge in [0.2, 0.25) is 5.82 Å². The van der Waals surface area contributed by atoms with E-state index in [1.165, 1.54) is 6.07 Å². The molecule has 0 atom stereocenters.